The highest BCUT2D eigenvalue weighted by molar-refractivity contribution is 5.82. The van der Waals surface area contributed by atoms with Gasteiger partial charge in [0.15, 0.2) is 17.3 Å². The number of para-hydroxylation sites is 1. The molecule has 0 amide bonds. The lowest BCUT2D eigenvalue weighted by Crippen LogP contribution is -2.07. The van der Waals surface area contributed by atoms with E-state index in [-0.39, 0.29) is 22.7 Å². The van der Waals surface area contributed by atoms with E-state index in [1.54, 1.807) is 36.4 Å². The zero-order chi connectivity index (χ0) is 15.7. The molecule has 0 unspecified atom stereocenters. The van der Waals surface area contributed by atoms with Gasteiger partial charge in [0.25, 0.3) is 0 Å². The van der Waals surface area contributed by atoms with Crippen molar-refractivity contribution >= 4 is 11.0 Å². The molecule has 2 aromatic carbocycles. The Labute approximate surface area is 126 Å². The summed E-state index contributed by atoms with van der Waals surface area (Å²) in [7, 11) is 2.87. The molecule has 0 fully saturated rings. The number of aromatic hydroxyl groups is 1. The lowest BCUT2D eigenvalue weighted by Gasteiger charge is -2.10. The van der Waals surface area contributed by atoms with Crippen molar-refractivity contribution in [2.75, 3.05) is 14.2 Å². The molecule has 0 spiro atoms. The number of ether oxygens (including phenoxy) is 2. The summed E-state index contributed by atoms with van der Waals surface area (Å²) >= 11 is 0. The van der Waals surface area contributed by atoms with Gasteiger partial charge in [-0.25, -0.2) is 0 Å². The van der Waals surface area contributed by atoms with Gasteiger partial charge in [0.2, 0.25) is 11.2 Å². The highest BCUT2D eigenvalue weighted by Crippen LogP contribution is 2.35. The van der Waals surface area contributed by atoms with E-state index in [2.05, 4.69) is 0 Å². The van der Waals surface area contributed by atoms with E-state index >= 15 is 0 Å². The van der Waals surface area contributed by atoms with E-state index in [0.717, 1.165) is 0 Å². The SMILES string of the molecule is COc1ccc(-c2oc3ccccc3c(=O)c2OC)cc1O. The Balaban J connectivity index is 2.30. The predicted molar refractivity (Wildman–Crippen MR) is 82.7 cm³/mol. The molecular formula is C17H14O5. The van der Waals surface area contributed by atoms with Crippen molar-refractivity contribution in [2.24, 2.45) is 0 Å². The van der Waals surface area contributed by atoms with Gasteiger partial charge < -0.3 is 19.0 Å². The zero-order valence-electron chi connectivity index (χ0n) is 12.1. The smallest absolute Gasteiger partial charge is 0.235 e. The van der Waals surface area contributed by atoms with Gasteiger partial charge in [-0.1, -0.05) is 12.1 Å². The van der Waals surface area contributed by atoms with Crippen LogP contribution in [-0.2, 0) is 0 Å². The highest BCUT2D eigenvalue weighted by Gasteiger charge is 2.17. The second-order valence-electron chi connectivity index (χ2n) is 4.68. The summed E-state index contributed by atoms with van der Waals surface area (Å²) in [6, 6.07) is 11.7. The minimum atomic E-state index is -0.255. The molecule has 0 saturated carbocycles. The van der Waals surface area contributed by atoms with Crippen LogP contribution in [-0.4, -0.2) is 19.3 Å². The summed E-state index contributed by atoms with van der Waals surface area (Å²) in [5.41, 5.74) is 0.728. The second-order valence-corrected chi connectivity index (χ2v) is 4.68. The van der Waals surface area contributed by atoms with Crippen LogP contribution in [0.2, 0.25) is 0 Å². The first-order valence-electron chi connectivity index (χ1n) is 6.63. The highest BCUT2D eigenvalue weighted by atomic mass is 16.5. The standard InChI is InChI=1S/C17H14O5/c1-20-14-8-7-10(9-12(14)18)16-17(21-2)15(19)11-5-3-4-6-13(11)22-16/h3-9,18H,1-2H3. The third kappa shape index (κ3) is 2.16. The summed E-state index contributed by atoms with van der Waals surface area (Å²) in [6.45, 7) is 0. The number of phenolic OH excluding ortho intramolecular Hbond substituents is 1. The largest absolute Gasteiger partial charge is 0.504 e. The van der Waals surface area contributed by atoms with Crippen LogP contribution >= 0.6 is 0 Å². The first-order valence-corrected chi connectivity index (χ1v) is 6.63. The van der Waals surface area contributed by atoms with Gasteiger partial charge in [0, 0.05) is 5.56 Å². The van der Waals surface area contributed by atoms with E-state index < -0.39 is 0 Å². The van der Waals surface area contributed by atoms with Crippen LogP contribution in [0, 0.1) is 0 Å². The van der Waals surface area contributed by atoms with Gasteiger partial charge in [-0.3, -0.25) is 4.79 Å². The zero-order valence-corrected chi connectivity index (χ0v) is 12.1. The average molecular weight is 298 g/mol. The molecule has 0 aliphatic heterocycles. The van der Waals surface area contributed by atoms with Gasteiger partial charge in [-0.2, -0.15) is 0 Å². The fraction of sp³-hybridized carbons (Fsp3) is 0.118. The third-order valence-electron chi connectivity index (χ3n) is 3.40. The van der Waals surface area contributed by atoms with Crippen molar-refractivity contribution in [3.05, 3.63) is 52.7 Å². The molecule has 1 N–H and O–H groups in total. The summed E-state index contributed by atoms with van der Waals surface area (Å²) in [5, 5.41) is 10.4. The molecule has 1 aromatic heterocycles. The molecule has 5 nitrogen and oxygen atoms in total. The predicted octanol–water partition coefficient (Wildman–Crippen LogP) is 3.18. The fourth-order valence-electron chi connectivity index (χ4n) is 2.33. The normalized spacial score (nSPS) is 10.6. The van der Waals surface area contributed by atoms with Gasteiger partial charge in [-0.15, -0.1) is 0 Å². The van der Waals surface area contributed by atoms with E-state index in [9.17, 15) is 9.90 Å². The molecule has 22 heavy (non-hydrogen) atoms. The maximum Gasteiger partial charge on any atom is 0.235 e. The van der Waals surface area contributed by atoms with Crippen LogP contribution in [0.4, 0.5) is 0 Å². The lowest BCUT2D eigenvalue weighted by molar-refractivity contribution is 0.373. The van der Waals surface area contributed by atoms with Crippen LogP contribution in [0.1, 0.15) is 0 Å². The summed E-state index contributed by atoms with van der Waals surface area (Å²) in [6.07, 6.45) is 0. The summed E-state index contributed by atoms with van der Waals surface area (Å²) in [5.74, 6) is 0.663. The van der Waals surface area contributed by atoms with Crippen molar-refractivity contribution in [2.45, 2.75) is 0 Å². The monoisotopic (exact) mass is 298 g/mol. The maximum atomic E-state index is 12.5. The van der Waals surface area contributed by atoms with Crippen LogP contribution in [0.5, 0.6) is 17.2 Å². The second kappa shape index (κ2) is 5.44. The number of hydrogen-bond donors (Lipinski definition) is 1. The van der Waals surface area contributed by atoms with E-state index in [4.69, 9.17) is 13.9 Å². The minimum Gasteiger partial charge on any atom is -0.504 e. The molecule has 0 aliphatic rings. The number of rotatable bonds is 3. The Kier molecular flexibility index (Phi) is 3.47. The van der Waals surface area contributed by atoms with Gasteiger partial charge >= 0.3 is 0 Å². The first kappa shape index (κ1) is 14.0. The molecule has 3 aromatic rings. The average Bonchev–Trinajstić information content (AvgIpc) is 2.54. The third-order valence-corrected chi connectivity index (χ3v) is 3.40. The number of fused-ring (bicyclic) bond motifs is 1. The van der Waals surface area contributed by atoms with E-state index in [1.807, 2.05) is 0 Å². The number of benzene rings is 2. The number of hydrogen-bond acceptors (Lipinski definition) is 5. The van der Waals surface area contributed by atoms with Crippen molar-refractivity contribution in [3.8, 4) is 28.6 Å². The summed E-state index contributed by atoms with van der Waals surface area (Å²) in [4.78, 5) is 12.5. The summed E-state index contributed by atoms with van der Waals surface area (Å²) < 4.78 is 16.0. The molecule has 5 heteroatoms. The van der Waals surface area contributed by atoms with Gasteiger partial charge in [0.1, 0.15) is 5.58 Å². The Morgan fingerprint density at radius 1 is 1.05 bits per heavy atom. The molecule has 3 rings (SSSR count). The van der Waals surface area contributed by atoms with Gasteiger partial charge in [-0.05, 0) is 30.3 Å². The molecule has 1 heterocycles. The van der Waals surface area contributed by atoms with Crippen LogP contribution in [0.15, 0.2) is 51.7 Å². The minimum absolute atomic E-state index is 0.0436. The lowest BCUT2D eigenvalue weighted by atomic mass is 10.1. The Morgan fingerprint density at radius 3 is 2.50 bits per heavy atom. The molecule has 0 atom stereocenters. The Morgan fingerprint density at radius 2 is 1.82 bits per heavy atom. The first-order chi connectivity index (χ1) is 10.7. The Bertz CT molecular complexity index is 895. The fourth-order valence-corrected chi connectivity index (χ4v) is 2.33. The molecule has 0 saturated heterocycles. The molecule has 0 bridgehead atoms. The van der Waals surface area contributed by atoms with E-state index in [0.29, 0.717) is 22.3 Å². The van der Waals surface area contributed by atoms with Gasteiger partial charge in [0.05, 0.1) is 19.6 Å². The molecule has 0 aliphatic carbocycles. The van der Waals surface area contributed by atoms with E-state index in [1.165, 1.54) is 20.3 Å². The maximum absolute atomic E-state index is 12.5. The van der Waals surface area contributed by atoms with Crippen molar-refractivity contribution in [1.82, 2.24) is 0 Å². The molecule has 112 valence electrons. The number of methoxy groups -OCH3 is 2. The number of phenols is 1. The van der Waals surface area contributed by atoms with Crippen LogP contribution in [0.25, 0.3) is 22.3 Å². The van der Waals surface area contributed by atoms with Crippen molar-refractivity contribution < 1.29 is 19.0 Å². The molecule has 0 radical (unpaired) electrons. The molecular weight excluding hydrogens is 284 g/mol. The van der Waals surface area contributed by atoms with Crippen molar-refractivity contribution in [3.63, 3.8) is 0 Å². The Hall–Kier alpha value is -2.95. The van der Waals surface area contributed by atoms with Crippen molar-refractivity contribution in [1.29, 1.82) is 0 Å². The quantitative estimate of drug-likeness (QED) is 0.804. The topological polar surface area (TPSA) is 68.9 Å². The van der Waals surface area contributed by atoms with Crippen LogP contribution < -0.4 is 14.9 Å². The van der Waals surface area contributed by atoms with Crippen LogP contribution in [0.3, 0.4) is 0 Å².